The van der Waals surface area contributed by atoms with Crippen molar-refractivity contribution in [2.45, 2.75) is 25.7 Å². The number of hydrogen-bond donors (Lipinski definition) is 1. The van der Waals surface area contributed by atoms with Crippen LogP contribution in [0.2, 0.25) is 0 Å². The minimum atomic E-state index is -4.65. The summed E-state index contributed by atoms with van der Waals surface area (Å²) in [5.74, 6) is -0.856. The summed E-state index contributed by atoms with van der Waals surface area (Å²) >= 11 is 0. The van der Waals surface area contributed by atoms with E-state index in [1.54, 1.807) is 18.2 Å². The summed E-state index contributed by atoms with van der Waals surface area (Å²) in [7, 11) is 0. The number of aromatic nitrogens is 2. The van der Waals surface area contributed by atoms with Gasteiger partial charge in [-0.3, -0.25) is 0 Å². The van der Waals surface area contributed by atoms with E-state index in [1.165, 1.54) is 0 Å². The van der Waals surface area contributed by atoms with Gasteiger partial charge in [0.1, 0.15) is 12.4 Å². The van der Waals surface area contributed by atoms with Crippen molar-refractivity contribution in [1.82, 2.24) is 15.5 Å². The molecule has 0 radical (unpaired) electrons. The van der Waals surface area contributed by atoms with Gasteiger partial charge in [0.2, 0.25) is 5.82 Å². The zero-order valence-corrected chi connectivity index (χ0v) is 11.1. The fourth-order valence-electron chi connectivity index (χ4n) is 1.99. The summed E-state index contributed by atoms with van der Waals surface area (Å²) in [5, 5.41) is 6.62. The number of fused-ring (bicyclic) bond motifs is 1. The molecule has 8 heteroatoms. The van der Waals surface area contributed by atoms with Crippen molar-refractivity contribution in [3.8, 4) is 17.1 Å². The number of rotatable bonds is 1. The van der Waals surface area contributed by atoms with Crippen LogP contribution in [0.25, 0.3) is 11.4 Å². The Hall–Kier alpha value is -2.09. The minimum absolute atomic E-state index is 0.112. The van der Waals surface area contributed by atoms with Gasteiger partial charge in [0.15, 0.2) is 0 Å². The molecule has 21 heavy (non-hydrogen) atoms. The molecule has 1 aliphatic heterocycles. The smallest absolute Gasteiger partial charge is 0.471 e. The Bertz CT molecular complexity index is 654. The molecule has 1 aromatic heterocycles. The van der Waals surface area contributed by atoms with Crippen LogP contribution in [0, 0.1) is 0 Å². The van der Waals surface area contributed by atoms with E-state index in [-0.39, 0.29) is 11.9 Å². The van der Waals surface area contributed by atoms with Crippen LogP contribution in [0.5, 0.6) is 5.75 Å². The Morgan fingerprint density at radius 2 is 2.14 bits per heavy atom. The molecule has 2 aromatic rings. The van der Waals surface area contributed by atoms with Crippen molar-refractivity contribution in [2.24, 2.45) is 0 Å². The van der Waals surface area contributed by atoms with E-state index in [0.29, 0.717) is 24.5 Å². The molecular formula is C13H12F3N3O2. The predicted octanol–water partition coefficient (Wildman–Crippen LogP) is 2.63. The van der Waals surface area contributed by atoms with Crippen molar-refractivity contribution in [3.63, 3.8) is 0 Å². The number of benzene rings is 1. The van der Waals surface area contributed by atoms with Gasteiger partial charge in [-0.05, 0) is 13.0 Å². The Morgan fingerprint density at radius 3 is 2.86 bits per heavy atom. The minimum Gasteiger partial charge on any atom is -0.492 e. The Balaban J connectivity index is 1.92. The molecule has 0 spiro atoms. The summed E-state index contributed by atoms with van der Waals surface area (Å²) in [6.07, 6.45) is -4.65. The van der Waals surface area contributed by atoms with Crippen LogP contribution >= 0.6 is 0 Å². The number of nitrogens with one attached hydrogen (secondary N) is 1. The number of halogens is 3. The largest absolute Gasteiger partial charge is 0.492 e. The molecule has 0 fully saturated rings. The van der Waals surface area contributed by atoms with Gasteiger partial charge in [0.25, 0.3) is 0 Å². The van der Waals surface area contributed by atoms with E-state index >= 15 is 0 Å². The molecule has 5 nitrogen and oxygen atoms in total. The average molecular weight is 299 g/mol. The Kier molecular flexibility index (Phi) is 3.32. The second-order valence-corrected chi connectivity index (χ2v) is 4.84. The number of alkyl halides is 3. The Morgan fingerprint density at radius 1 is 1.33 bits per heavy atom. The third kappa shape index (κ3) is 2.85. The molecule has 2 heterocycles. The maximum absolute atomic E-state index is 12.5. The molecule has 1 atom stereocenters. The first-order chi connectivity index (χ1) is 9.93. The van der Waals surface area contributed by atoms with Gasteiger partial charge >= 0.3 is 12.1 Å². The first-order valence-corrected chi connectivity index (χ1v) is 6.34. The second-order valence-electron chi connectivity index (χ2n) is 4.84. The topological polar surface area (TPSA) is 60.2 Å². The van der Waals surface area contributed by atoms with E-state index < -0.39 is 12.1 Å². The first-order valence-electron chi connectivity index (χ1n) is 6.34. The highest BCUT2D eigenvalue weighted by atomic mass is 19.4. The van der Waals surface area contributed by atoms with Gasteiger partial charge in [-0.25, -0.2) is 0 Å². The van der Waals surface area contributed by atoms with Crippen LogP contribution in [0.4, 0.5) is 13.2 Å². The van der Waals surface area contributed by atoms with E-state index in [0.717, 1.165) is 5.56 Å². The lowest BCUT2D eigenvalue weighted by atomic mass is 10.1. The molecule has 1 aliphatic rings. The lowest BCUT2D eigenvalue weighted by molar-refractivity contribution is -0.159. The van der Waals surface area contributed by atoms with Gasteiger partial charge in [-0.15, -0.1) is 0 Å². The number of ether oxygens (including phenoxy) is 1. The van der Waals surface area contributed by atoms with Crippen molar-refractivity contribution in [1.29, 1.82) is 0 Å². The first kappa shape index (κ1) is 13.9. The van der Waals surface area contributed by atoms with E-state index in [1.807, 2.05) is 6.92 Å². The van der Waals surface area contributed by atoms with Crippen molar-refractivity contribution >= 4 is 0 Å². The SMILES string of the molecule is CC1COc2cc(-c3noc(C(F)(F)F)n3)ccc2CN1. The van der Waals surface area contributed by atoms with Gasteiger partial charge in [0, 0.05) is 23.7 Å². The fourth-order valence-corrected chi connectivity index (χ4v) is 1.99. The molecule has 0 bridgehead atoms. The third-order valence-electron chi connectivity index (χ3n) is 3.12. The summed E-state index contributed by atoms with van der Waals surface area (Å²) in [4.78, 5) is 3.37. The van der Waals surface area contributed by atoms with Crippen molar-refractivity contribution in [3.05, 3.63) is 29.7 Å². The summed E-state index contributed by atoms with van der Waals surface area (Å²) in [6.45, 7) is 3.11. The molecular weight excluding hydrogens is 287 g/mol. The lowest BCUT2D eigenvalue weighted by Gasteiger charge is -2.08. The molecule has 0 aliphatic carbocycles. The molecule has 1 N–H and O–H groups in total. The molecule has 0 amide bonds. The van der Waals surface area contributed by atoms with E-state index in [9.17, 15) is 13.2 Å². The third-order valence-corrected chi connectivity index (χ3v) is 3.12. The maximum atomic E-state index is 12.5. The van der Waals surface area contributed by atoms with Crippen LogP contribution in [0.3, 0.4) is 0 Å². The van der Waals surface area contributed by atoms with Crippen LogP contribution in [0.15, 0.2) is 22.7 Å². The normalized spacial score (nSPS) is 18.8. The van der Waals surface area contributed by atoms with Crippen LogP contribution in [-0.4, -0.2) is 22.8 Å². The van der Waals surface area contributed by atoms with Gasteiger partial charge in [0.05, 0.1) is 0 Å². The number of hydrogen-bond acceptors (Lipinski definition) is 5. The van der Waals surface area contributed by atoms with Crippen molar-refractivity contribution in [2.75, 3.05) is 6.61 Å². The zero-order valence-electron chi connectivity index (χ0n) is 11.1. The van der Waals surface area contributed by atoms with Crippen LogP contribution in [-0.2, 0) is 12.7 Å². The molecule has 0 saturated carbocycles. The highest BCUT2D eigenvalue weighted by Gasteiger charge is 2.38. The monoisotopic (exact) mass is 299 g/mol. The predicted molar refractivity (Wildman–Crippen MR) is 66.5 cm³/mol. The standard InChI is InChI=1S/C13H12F3N3O2/c1-7-6-20-10-4-8(2-3-9(10)5-17-7)11-18-12(21-19-11)13(14,15)16/h2-4,7,17H,5-6H2,1H3. The summed E-state index contributed by atoms with van der Waals surface area (Å²) in [6, 6.07) is 5.24. The van der Waals surface area contributed by atoms with Crippen molar-refractivity contribution < 1.29 is 22.4 Å². The molecule has 0 saturated heterocycles. The zero-order chi connectivity index (χ0) is 15.0. The van der Waals surface area contributed by atoms with Gasteiger partial charge in [-0.1, -0.05) is 17.3 Å². The highest BCUT2D eigenvalue weighted by Crippen LogP contribution is 2.31. The summed E-state index contributed by atoms with van der Waals surface area (Å²) in [5.41, 5.74) is 1.35. The van der Waals surface area contributed by atoms with Gasteiger partial charge in [-0.2, -0.15) is 18.2 Å². The second kappa shape index (κ2) is 5.03. The van der Waals surface area contributed by atoms with Crippen LogP contribution in [0.1, 0.15) is 18.4 Å². The van der Waals surface area contributed by atoms with E-state index in [2.05, 4.69) is 20.0 Å². The average Bonchev–Trinajstić information content (AvgIpc) is 2.86. The number of nitrogens with zero attached hydrogens (tertiary/aromatic N) is 2. The lowest BCUT2D eigenvalue weighted by Crippen LogP contribution is -2.28. The quantitative estimate of drug-likeness (QED) is 0.877. The summed E-state index contributed by atoms with van der Waals surface area (Å²) < 4.78 is 47.2. The molecule has 3 rings (SSSR count). The fraction of sp³-hybridized carbons (Fsp3) is 0.385. The maximum Gasteiger partial charge on any atom is 0.471 e. The molecule has 1 unspecified atom stereocenters. The Labute approximate surface area is 118 Å². The highest BCUT2D eigenvalue weighted by molar-refractivity contribution is 5.59. The molecule has 112 valence electrons. The van der Waals surface area contributed by atoms with Crippen LogP contribution < -0.4 is 10.1 Å². The molecule has 1 aromatic carbocycles. The van der Waals surface area contributed by atoms with E-state index in [4.69, 9.17) is 4.74 Å². The van der Waals surface area contributed by atoms with Gasteiger partial charge < -0.3 is 14.6 Å².